The number of nitrogens with one attached hydrogen (secondary N) is 1. The maximum absolute atomic E-state index is 9.34. The lowest BCUT2D eigenvalue weighted by atomic mass is 9.98. The van der Waals surface area contributed by atoms with Crippen molar-refractivity contribution in [1.29, 1.82) is 0 Å². The summed E-state index contributed by atoms with van der Waals surface area (Å²) < 4.78 is 0. The van der Waals surface area contributed by atoms with Crippen molar-refractivity contribution in [3.8, 4) is 0 Å². The maximum atomic E-state index is 9.34. The van der Waals surface area contributed by atoms with Crippen LogP contribution in [0.15, 0.2) is 18.3 Å². The van der Waals surface area contributed by atoms with E-state index in [1.54, 1.807) is 0 Å². The molecule has 1 aromatic heterocycles. The molecule has 0 aromatic carbocycles. The molecule has 1 saturated heterocycles. The summed E-state index contributed by atoms with van der Waals surface area (Å²) in [6, 6.07) is 4.61. The Morgan fingerprint density at radius 1 is 1.53 bits per heavy atom. The highest BCUT2D eigenvalue weighted by Crippen LogP contribution is 2.24. The first-order valence-corrected chi connectivity index (χ1v) is 7.23. The molecule has 0 saturated carbocycles. The number of aliphatic hydroxyl groups is 1. The number of aliphatic hydroxyl groups excluding tert-OH is 1. The lowest BCUT2D eigenvalue weighted by Crippen LogP contribution is -2.38. The Hall–Kier alpha value is -1.13. The van der Waals surface area contributed by atoms with Gasteiger partial charge >= 0.3 is 0 Å². The molecule has 2 rings (SSSR count). The van der Waals surface area contributed by atoms with Gasteiger partial charge in [0, 0.05) is 44.0 Å². The van der Waals surface area contributed by atoms with Crippen molar-refractivity contribution in [2.45, 2.75) is 39.3 Å². The lowest BCUT2D eigenvalue weighted by Gasteiger charge is -2.34. The van der Waals surface area contributed by atoms with Crippen LogP contribution in [0.1, 0.15) is 32.3 Å². The molecular weight excluding hydrogens is 238 g/mol. The van der Waals surface area contributed by atoms with Crippen molar-refractivity contribution in [3.63, 3.8) is 0 Å². The van der Waals surface area contributed by atoms with Gasteiger partial charge < -0.3 is 15.3 Å². The molecule has 1 aromatic rings. The van der Waals surface area contributed by atoms with E-state index in [-0.39, 0.29) is 6.61 Å². The predicted octanol–water partition coefficient (Wildman–Crippen LogP) is 1.79. The summed E-state index contributed by atoms with van der Waals surface area (Å²) in [5, 5.41) is 12.8. The molecule has 4 heteroatoms. The van der Waals surface area contributed by atoms with E-state index in [1.165, 1.54) is 5.56 Å². The second-order valence-corrected chi connectivity index (χ2v) is 5.66. The van der Waals surface area contributed by atoms with Gasteiger partial charge in [-0.1, -0.05) is 19.9 Å². The van der Waals surface area contributed by atoms with E-state index in [4.69, 9.17) is 0 Å². The first kappa shape index (κ1) is 14.3. The molecule has 0 bridgehead atoms. The zero-order chi connectivity index (χ0) is 13.7. The van der Waals surface area contributed by atoms with E-state index < -0.39 is 0 Å². The second-order valence-electron chi connectivity index (χ2n) is 5.66. The largest absolute Gasteiger partial charge is 0.396 e. The van der Waals surface area contributed by atoms with E-state index in [1.807, 2.05) is 12.3 Å². The molecule has 1 aliphatic rings. The van der Waals surface area contributed by atoms with E-state index >= 15 is 0 Å². The van der Waals surface area contributed by atoms with Crippen LogP contribution in [0.3, 0.4) is 0 Å². The predicted molar refractivity (Wildman–Crippen MR) is 78.2 cm³/mol. The van der Waals surface area contributed by atoms with Crippen LogP contribution < -0.4 is 10.2 Å². The summed E-state index contributed by atoms with van der Waals surface area (Å²) in [4.78, 5) is 6.87. The third-order valence-electron chi connectivity index (χ3n) is 3.64. The average molecular weight is 263 g/mol. The van der Waals surface area contributed by atoms with Gasteiger partial charge in [0.15, 0.2) is 0 Å². The van der Waals surface area contributed by atoms with Crippen molar-refractivity contribution in [2.75, 3.05) is 24.6 Å². The zero-order valence-electron chi connectivity index (χ0n) is 12.0. The number of rotatable bonds is 5. The van der Waals surface area contributed by atoms with Crippen molar-refractivity contribution in [2.24, 2.45) is 5.92 Å². The standard InChI is InChI=1S/C15H25N3O/c1-12(2)17-9-14-6-3-7-16-15(14)18-8-4-5-13(10-18)11-19/h3,6-7,12-13,17,19H,4-5,8-11H2,1-2H3. The van der Waals surface area contributed by atoms with Gasteiger partial charge in [0.25, 0.3) is 0 Å². The summed E-state index contributed by atoms with van der Waals surface area (Å²) in [7, 11) is 0. The van der Waals surface area contributed by atoms with E-state index in [2.05, 4.69) is 35.1 Å². The molecule has 1 aliphatic heterocycles. The quantitative estimate of drug-likeness (QED) is 0.850. The monoisotopic (exact) mass is 263 g/mol. The summed E-state index contributed by atoms with van der Waals surface area (Å²) >= 11 is 0. The Bertz CT molecular complexity index is 395. The highest BCUT2D eigenvalue weighted by atomic mass is 16.3. The molecule has 1 unspecified atom stereocenters. The molecule has 0 radical (unpaired) electrons. The fraction of sp³-hybridized carbons (Fsp3) is 0.667. The number of pyridine rings is 1. The van der Waals surface area contributed by atoms with Crippen LogP contribution in [0, 0.1) is 5.92 Å². The molecule has 1 atom stereocenters. The highest BCUT2D eigenvalue weighted by Gasteiger charge is 2.21. The van der Waals surface area contributed by atoms with Gasteiger partial charge in [0.05, 0.1) is 0 Å². The maximum Gasteiger partial charge on any atom is 0.133 e. The van der Waals surface area contributed by atoms with E-state index in [0.717, 1.165) is 38.3 Å². The number of anilines is 1. The molecule has 1 fully saturated rings. The second kappa shape index (κ2) is 6.87. The van der Waals surface area contributed by atoms with Gasteiger partial charge in [0.1, 0.15) is 5.82 Å². The van der Waals surface area contributed by atoms with Crippen LogP contribution in [0.4, 0.5) is 5.82 Å². The Morgan fingerprint density at radius 2 is 2.37 bits per heavy atom. The molecular formula is C15H25N3O. The first-order chi connectivity index (χ1) is 9.20. The van der Waals surface area contributed by atoms with Gasteiger partial charge in [0.2, 0.25) is 0 Å². The highest BCUT2D eigenvalue weighted by molar-refractivity contribution is 5.47. The number of hydrogen-bond acceptors (Lipinski definition) is 4. The summed E-state index contributed by atoms with van der Waals surface area (Å²) in [5.41, 5.74) is 1.25. The molecule has 19 heavy (non-hydrogen) atoms. The molecule has 0 spiro atoms. The third-order valence-corrected chi connectivity index (χ3v) is 3.64. The van der Waals surface area contributed by atoms with E-state index in [9.17, 15) is 5.11 Å². The fourth-order valence-corrected chi connectivity index (χ4v) is 2.57. The van der Waals surface area contributed by atoms with Gasteiger partial charge in [-0.15, -0.1) is 0 Å². The van der Waals surface area contributed by atoms with Crippen molar-refractivity contribution in [1.82, 2.24) is 10.3 Å². The van der Waals surface area contributed by atoms with Gasteiger partial charge in [-0.3, -0.25) is 0 Å². The SMILES string of the molecule is CC(C)NCc1cccnc1N1CCCC(CO)C1. The Morgan fingerprint density at radius 3 is 3.11 bits per heavy atom. The lowest BCUT2D eigenvalue weighted by molar-refractivity contribution is 0.208. The summed E-state index contributed by atoms with van der Waals surface area (Å²) in [6.45, 7) is 7.39. The normalized spacial score (nSPS) is 20.0. The Balaban J connectivity index is 2.09. The van der Waals surface area contributed by atoms with Gasteiger partial charge in [-0.2, -0.15) is 0 Å². The van der Waals surface area contributed by atoms with Crippen molar-refractivity contribution in [3.05, 3.63) is 23.9 Å². The van der Waals surface area contributed by atoms with Crippen LogP contribution in [0.5, 0.6) is 0 Å². The van der Waals surface area contributed by atoms with Crippen LogP contribution in [0.2, 0.25) is 0 Å². The molecule has 2 N–H and O–H groups in total. The number of aromatic nitrogens is 1. The molecule has 106 valence electrons. The van der Waals surface area contributed by atoms with E-state index in [0.29, 0.717) is 12.0 Å². The minimum atomic E-state index is 0.281. The van der Waals surface area contributed by atoms with Crippen LogP contribution in [-0.2, 0) is 6.54 Å². The minimum absolute atomic E-state index is 0.281. The molecule has 0 aliphatic carbocycles. The average Bonchev–Trinajstić information content (AvgIpc) is 2.45. The van der Waals surface area contributed by atoms with Gasteiger partial charge in [-0.25, -0.2) is 4.98 Å². The topological polar surface area (TPSA) is 48.4 Å². The van der Waals surface area contributed by atoms with Gasteiger partial charge in [-0.05, 0) is 24.8 Å². The molecule has 4 nitrogen and oxygen atoms in total. The third kappa shape index (κ3) is 3.91. The summed E-state index contributed by atoms with van der Waals surface area (Å²) in [5.74, 6) is 1.47. The van der Waals surface area contributed by atoms with Crippen molar-refractivity contribution < 1.29 is 5.11 Å². The Kier molecular flexibility index (Phi) is 5.16. The summed E-state index contributed by atoms with van der Waals surface area (Å²) in [6.07, 6.45) is 4.12. The fourth-order valence-electron chi connectivity index (χ4n) is 2.57. The smallest absolute Gasteiger partial charge is 0.133 e. The van der Waals surface area contributed by atoms with Crippen LogP contribution in [0.25, 0.3) is 0 Å². The molecule has 2 heterocycles. The van der Waals surface area contributed by atoms with Crippen molar-refractivity contribution >= 4 is 5.82 Å². The van der Waals surface area contributed by atoms with Crippen LogP contribution >= 0.6 is 0 Å². The first-order valence-electron chi connectivity index (χ1n) is 7.23. The minimum Gasteiger partial charge on any atom is -0.396 e. The molecule has 0 amide bonds. The Labute approximate surface area is 115 Å². The number of hydrogen-bond donors (Lipinski definition) is 2. The zero-order valence-corrected chi connectivity index (χ0v) is 12.0. The number of nitrogens with zero attached hydrogens (tertiary/aromatic N) is 2. The van der Waals surface area contributed by atoms with Crippen LogP contribution in [-0.4, -0.2) is 35.8 Å². The number of piperidine rings is 1.